The van der Waals surface area contributed by atoms with Gasteiger partial charge in [-0.1, -0.05) is 97.1 Å². The fourth-order valence-electron chi connectivity index (χ4n) is 9.84. The maximum absolute atomic E-state index is 10.4. The number of nitriles is 1. The van der Waals surface area contributed by atoms with Crippen LogP contribution in [0.25, 0.3) is 45.2 Å². The Kier molecular flexibility index (Phi) is 6.01. The molecule has 5 nitrogen and oxygen atoms in total. The standard InChI is InChI=1S/C49H31N3O2/c50-28-29-24-31(27-33(25-29)52-39-17-6-2-13-35(39)47-41(52)21-23-45-49(47)37-15-4-8-19-43(37)54-45)30-10-9-11-32(26-30)51-38-16-5-1-12-34(38)46-40(51)20-22-44-48(46)36-14-3-7-18-42(36)53-44/h1-27,40-41,46-47H. The van der Waals surface area contributed by atoms with Crippen LogP contribution in [0.4, 0.5) is 22.7 Å². The number of furan rings is 2. The molecule has 6 aromatic carbocycles. The van der Waals surface area contributed by atoms with Crippen molar-refractivity contribution in [3.8, 4) is 17.2 Å². The van der Waals surface area contributed by atoms with Gasteiger partial charge in [-0.25, -0.2) is 0 Å². The van der Waals surface area contributed by atoms with Gasteiger partial charge in [-0.3, -0.25) is 0 Å². The van der Waals surface area contributed by atoms with Crippen LogP contribution in [-0.4, -0.2) is 12.1 Å². The molecule has 0 bridgehead atoms. The highest BCUT2D eigenvalue weighted by atomic mass is 16.3. The van der Waals surface area contributed by atoms with E-state index in [1.807, 2.05) is 30.3 Å². The van der Waals surface area contributed by atoms with Crippen LogP contribution in [0.2, 0.25) is 0 Å². The predicted molar refractivity (Wildman–Crippen MR) is 216 cm³/mol. The second kappa shape index (κ2) is 11.0. The lowest BCUT2D eigenvalue weighted by Crippen LogP contribution is -2.30. The minimum absolute atomic E-state index is 0.0315. The van der Waals surface area contributed by atoms with E-state index in [1.165, 1.54) is 33.3 Å². The topological polar surface area (TPSA) is 56.6 Å². The minimum Gasteiger partial charge on any atom is -0.456 e. The monoisotopic (exact) mass is 693 g/mol. The van der Waals surface area contributed by atoms with Crippen LogP contribution in [0.3, 0.4) is 0 Å². The fourth-order valence-corrected chi connectivity index (χ4v) is 9.84. The van der Waals surface area contributed by atoms with Crippen molar-refractivity contribution in [2.45, 2.75) is 23.9 Å². The van der Waals surface area contributed by atoms with Crippen molar-refractivity contribution in [3.63, 3.8) is 0 Å². The Hall–Kier alpha value is -7.03. The van der Waals surface area contributed by atoms with E-state index in [0.717, 1.165) is 56.3 Å². The van der Waals surface area contributed by atoms with E-state index in [1.54, 1.807) is 0 Å². The van der Waals surface area contributed by atoms with Crippen molar-refractivity contribution in [2.24, 2.45) is 0 Å². The van der Waals surface area contributed by atoms with Crippen LogP contribution in [0.1, 0.15) is 51.2 Å². The van der Waals surface area contributed by atoms with Crippen LogP contribution in [-0.2, 0) is 0 Å². The maximum Gasteiger partial charge on any atom is 0.135 e. The lowest BCUT2D eigenvalue weighted by Gasteiger charge is -2.31. The molecule has 4 aliphatic rings. The molecule has 254 valence electrons. The van der Waals surface area contributed by atoms with Gasteiger partial charge in [-0.05, 0) is 89.0 Å². The Labute approximate surface area is 311 Å². The lowest BCUT2D eigenvalue weighted by molar-refractivity contribution is 0.584. The van der Waals surface area contributed by atoms with Gasteiger partial charge in [0, 0.05) is 56.5 Å². The third-order valence-corrected chi connectivity index (χ3v) is 12.0. The molecule has 0 spiro atoms. The van der Waals surface area contributed by atoms with Gasteiger partial charge in [0.25, 0.3) is 0 Å². The van der Waals surface area contributed by atoms with Gasteiger partial charge in [0.1, 0.15) is 22.7 Å². The van der Waals surface area contributed by atoms with E-state index >= 15 is 0 Å². The van der Waals surface area contributed by atoms with Crippen molar-refractivity contribution in [1.82, 2.24) is 0 Å². The van der Waals surface area contributed by atoms with Gasteiger partial charge in [0.15, 0.2) is 0 Å². The summed E-state index contributed by atoms with van der Waals surface area (Å²) in [5.74, 6) is 2.11. The van der Waals surface area contributed by atoms with Gasteiger partial charge >= 0.3 is 0 Å². The summed E-state index contributed by atoms with van der Waals surface area (Å²) in [6.07, 6.45) is 8.84. The molecule has 4 atom stereocenters. The molecule has 8 aromatic rings. The number of para-hydroxylation sites is 4. The molecule has 0 fully saturated rings. The number of nitrogens with zero attached hydrogens (tertiary/aromatic N) is 3. The lowest BCUT2D eigenvalue weighted by atomic mass is 9.82. The van der Waals surface area contributed by atoms with Crippen LogP contribution in [0.15, 0.2) is 161 Å². The summed E-state index contributed by atoms with van der Waals surface area (Å²) in [6.45, 7) is 0. The molecule has 0 radical (unpaired) electrons. The van der Waals surface area contributed by atoms with Crippen LogP contribution in [0.5, 0.6) is 0 Å². The van der Waals surface area contributed by atoms with Crippen molar-refractivity contribution >= 4 is 56.8 Å². The van der Waals surface area contributed by atoms with E-state index in [-0.39, 0.29) is 23.9 Å². The van der Waals surface area contributed by atoms with Gasteiger partial charge in [-0.2, -0.15) is 5.26 Å². The molecule has 0 amide bonds. The first-order valence-electron chi connectivity index (χ1n) is 18.5. The summed E-state index contributed by atoms with van der Waals surface area (Å²) in [7, 11) is 0. The highest BCUT2D eigenvalue weighted by Gasteiger charge is 2.45. The fraction of sp³-hybridized carbons (Fsp3) is 0.0816. The highest BCUT2D eigenvalue weighted by Crippen LogP contribution is 2.55. The summed E-state index contributed by atoms with van der Waals surface area (Å²) >= 11 is 0. The second-order valence-corrected chi connectivity index (χ2v) is 14.7. The number of benzene rings is 6. The second-order valence-electron chi connectivity index (χ2n) is 14.7. The average Bonchev–Trinajstić information content (AvgIpc) is 3.98. The first-order chi connectivity index (χ1) is 26.7. The molecular formula is C49H31N3O2. The number of anilines is 4. The summed E-state index contributed by atoms with van der Waals surface area (Å²) in [4.78, 5) is 4.89. The molecule has 54 heavy (non-hydrogen) atoms. The molecule has 4 unspecified atom stereocenters. The van der Waals surface area contributed by atoms with E-state index in [9.17, 15) is 5.26 Å². The number of rotatable bonds is 3. The van der Waals surface area contributed by atoms with Gasteiger partial charge in [0.2, 0.25) is 0 Å². The van der Waals surface area contributed by atoms with Crippen molar-refractivity contribution in [2.75, 3.05) is 9.80 Å². The Balaban J connectivity index is 0.970. The number of hydrogen-bond acceptors (Lipinski definition) is 5. The Morgan fingerprint density at radius 2 is 1.04 bits per heavy atom. The molecular weight excluding hydrogens is 663 g/mol. The Morgan fingerprint density at radius 3 is 1.65 bits per heavy atom. The van der Waals surface area contributed by atoms with E-state index < -0.39 is 0 Å². The van der Waals surface area contributed by atoms with Crippen molar-refractivity contribution < 1.29 is 8.83 Å². The smallest absolute Gasteiger partial charge is 0.135 e. The minimum atomic E-state index is 0.0315. The molecule has 2 aliphatic carbocycles. The van der Waals surface area contributed by atoms with Crippen LogP contribution >= 0.6 is 0 Å². The normalized spacial score (nSPS) is 20.0. The van der Waals surface area contributed by atoms with Crippen molar-refractivity contribution in [3.05, 3.63) is 191 Å². The first kappa shape index (κ1) is 29.5. The van der Waals surface area contributed by atoms with Gasteiger partial charge in [-0.15, -0.1) is 0 Å². The summed E-state index contributed by atoms with van der Waals surface area (Å²) in [5.41, 5.74) is 14.0. The molecule has 2 aliphatic heterocycles. The van der Waals surface area contributed by atoms with Crippen LogP contribution < -0.4 is 9.80 Å². The Bertz CT molecular complexity index is 2970. The summed E-state index contributed by atoms with van der Waals surface area (Å²) < 4.78 is 12.7. The third-order valence-electron chi connectivity index (χ3n) is 12.0. The highest BCUT2D eigenvalue weighted by molar-refractivity contribution is 5.92. The first-order valence-corrected chi connectivity index (χ1v) is 18.5. The Morgan fingerprint density at radius 1 is 0.500 bits per heavy atom. The number of hydrogen-bond donors (Lipinski definition) is 0. The maximum atomic E-state index is 10.4. The zero-order valence-corrected chi connectivity index (χ0v) is 29.1. The zero-order chi connectivity index (χ0) is 35.5. The molecule has 2 aromatic heterocycles. The average molecular weight is 694 g/mol. The third kappa shape index (κ3) is 4.03. The summed E-state index contributed by atoms with van der Waals surface area (Å²) in [5, 5.41) is 12.7. The van der Waals surface area contributed by atoms with Gasteiger partial charge in [0.05, 0.1) is 23.7 Å². The zero-order valence-electron chi connectivity index (χ0n) is 29.1. The molecule has 5 heteroatoms. The van der Waals surface area contributed by atoms with Crippen LogP contribution in [0, 0.1) is 11.3 Å². The molecule has 12 rings (SSSR count). The van der Waals surface area contributed by atoms with Crippen molar-refractivity contribution in [1.29, 1.82) is 5.26 Å². The largest absolute Gasteiger partial charge is 0.456 e. The SMILES string of the molecule is N#Cc1cc(-c2cccc(N3c4ccccc4C4c5c(oc6ccccc56)C=CC43)c2)cc(N2c3ccccc3C3c4c(oc5ccccc45)C=CC32)c1. The molecule has 0 N–H and O–H groups in total. The van der Waals surface area contributed by atoms with E-state index in [4.69, 9.17) is 8.83 Å². The van der Waals surface area contributed by atoms with E-state index in [2.05, 4.69) is 149 Å². The molecule has 0 saturated carbocycles. The predicted octanol–water partition coefficient (Wildman–Crippen LogP) is 12.1. The quantitative estimate of drug-likeness (QED) is 0.184. The number of fused-ring (bicyclic) bond motifs is 14. The molecule has 0 saturated heterocycles. The summed E-state index contributed by atoms with van der Waals surface area (Å²) in [6, 6.07) is 51.8. The van der Waals surface area contributed by atoms with Gasteiger partial charge < -0.3 is 18.6 Å². The van der Waals surface area contributed by atoms with E-state index in [0.29, 0.717) is 5.56 Å². The molecule has 4 heterocycles.